The minimum absolute atomic E-state index is 0.0105. The molecule has 2 aromatic rings. The first-order chi connectivity index (χ1) is 13.4. The normalized spacial score (nSPS) is 15.9. The average molecular weight is 388 g/mol. The number of methoxy groups -OCH3 is 4. The molecule has 150 valence electrons. The molecule has 0 bridgehead atoms. The fourth-order valence-electron chi connectivity index (χ4n) is 3.58. The number of hydrogen-bond acceptors (Lipinski definition) is 7. The zero-order valence-corrected chi connectivity index (χ0v) is 16.3. The molecule has 28 heavy (non-hydrogen) atoms. The molecule has 0 saturated heterocycles. The standard InChI is InChI=1S/C21H24O7/c1-25-18-10-15-13(19(26-2)21(18)28-4)6-5-12(22)9-14(15)11-7-16(23)20(27-3)17(24)8-11/h7-10,12,22-24H,5-6H2,1-4H3. The zero-order chi connectivity index (χ0) is 20.4. The second-order valence-electron chi connectivity index (χ2n) is 6.41. The summed E-state index contributed by atoms with van der Waals surface area (Å²) in [5, 5.41) is 30.9. The summed E-state index contributed by atoms with van der Waals surface area (Å²) in [7, 11) is 5.98. The van der Waals surface area contributed by atoms with Crippen molar-refractivity contribution in [2.45, 2.75) is 18.9 Å². The maximum Gasteiger partial charge on any atom is 0.203 e. The Balaban J connectivity index is 2.30. The van der Waals surface area contributed by atoms with E-state index in [9.17, 15) is 15.3 Å². The number of aromatic hydroxyl groups is 2. The molecule has 0 radical (unpaired) electrons. The predicted molar refractivity (Wildman–Crippen MR) is 104 cm³/mol. The van der Waals surface area contributed by atoms with Gasteiger partial charge in [-0.05, 0) is 53.8 Å². The van der Waals surface area contributed by atoms with Gasteiger partial charge in [0.2, 0.25) is 11.5 Å². The second-order valence-corrected chi connectivity index (χ2v) is 6.41. The van der Waals surface area contributed by atoms with Crippen LogP contribution < -0.4 is 18.9 Å². The van der Waals surface area contributed by atoms with Gasteiger partial charge in [0.05, 0.1) is 34.5 Å². The summed E-state index contributed by atoms with van der Waals surface area (Å²) < 4.78 is 21.6. The van der Waals surface area contributed by atoms with Crippen molar-refractivity contribution < 1.29 is 34.3 Å². The lowest BCUT2D eigenvalue weighted by molar-refractivity contribution is 0.214. The summed E-state index contributed by atoms with van der Waals surface area (Å²) in [5.41, 5.74) is 2.76. The molecular formula is C21H24O7. The first-order valence-corrected chi connectivity index (χ1v) is 8.77. The molecule has 1 aliphatic carbocycles. The molecule has 0 amide bonds. The summed E-state index contributed by atoms with van der Waals surface area (Å²) in [5.74, 6) is 1.06. The van der Waals surface area contributed by atoms with Crippen LogP contribution in [-0.2, 0) is 6.42 Å². The maximum atomic E-state index is 10.4. The number of aliphatic hydroxyl groups excluding tert-OH is 1. The van der Waals surface area contributed by atoms with Gasteiger partial charge >= 0.3 is 0 Å². The van der Waals surface area contributed by atoms with E-state index in [0.29, 0.717) is 41.2 Å². The van der Waals surface area contributed by atoms with Crippen molar-refractivity contribution in [1.82, 2.24) is 0 Å². The molecule has 7 nitrogen and oxygen atoms in total. The average Bonchev–Trinajstić information content (AvgIpc) is 2.85. The van der Waals surface area contributed by atoms with E-state index in [1.807, 2.05) is 0 Å². The Bertz CT molecular complexity index is 894. The van der Waals surface area contributed by atoms with Gasteiger partial charge in [0.25, 0.3) is 0 Å². The Morgan fingerprint density at radius 2 is 1.43 bits per heavy atom. The fraction of sp³-hybridized carbons (Fsp3) is 0.333. The number of aliphatic hydroxyl groups is 1. The lowest BCUT2D eigenvalue weighted by Gasteiger charge is -2.20. The highest BCUT2D eigenvalue weighted by Gasteiger charge is 2.27. The molecule has 2 aromatic carbocycles. The minimum Gasteiger partial charge on any atom is -0.504 e. The van der Waals surface area contributed by atoms with Crippen molar-refractivity contribution in [3.63, 3.8) is 0 Å². The molecule has 0 aromatic heterocycles. The first kappa shape index (κ1) is 19.7. The third-order valence-corrected chi connectivity index (χ3v) is 4.84. The van der Waals surface area contributed by atoms with Gasteiger partial charge in [0.1, 0.15) is 0 Å². The largest absolute Gasteiger partial charge is 0.504 e. The van der Waals surface area contributed by atoms with Gasteiger partial charge in [-0.2, -0.15) is 0 Å². The Morgan fingerprint density at radius 1 is 0.821 bits per heavy atom. The number of rotatable bonds is 5. The third-order valence-electron chi connectivity index (χ3n) is 4.84. The van der Waals surface area contributed by atoms with E-state index in [-0.39, 0.29) is 17.2 Å². The minimum atomic E-state index is -0.713. The predicted octanol–water partition coefficient (Wildman–Crippen LogP) is 2.87. The van der Waals surface area contributed by atoms with Crippen LogP contribution in [0.3, 0.4) is 0 Å². The van der Waals surface area contributed by atoms with Crippen LogP contribution in [0.1, 0.15) is 23.1 Å². The Labute approximate surface area is 163 Å². The number of phenols is 2. The number of phenolic OH excluding ortho intramolecular Hbond substituents is 2. The Hall–Kier alpha value is -3.06. The smallest absolute Gasteiger partial charge is 0.203 e. The highest BCUT2D eigenvalue weighted by Crippen LogP contribution is 2.48. The van der Waals surface area contributed by atoms with Gasteiger partial charge in [0.15, 0.2) is 23.0 Å². The van der Waals surface area contributed by atoms with Gasteiger partial charge < -0.3 is 34.3 Å². The Morgan fingerprint density at radius 3 is 1.96 bits per heavy atom. The van der Waals surface area contributed by atoms with Crippen LogP contribution in [0.25, 0.3) is 5.57 Å². The van der Waals surface area contributed by atoms with Gasteiger partial charge in [0, 0.05) is 5.56 Å². The van der Waals surface area contributed by atoms with E-state index in [2.05, 4.69) is 0 Å². The van der Waals surface area contributed by atoms with Crippen molar-refractivity contribution in [2.75, 3.05) is 28.4 Å². The molecule has 7 heteroatoms. The summed E-state index contributed by atoms with van der Waals surface area (Å²) >= 11 is 0. The number of ether oxygens (including phenoxy) is 4. The van der Waals surface area contributed by atoms with Crippen molar-refractivity contribution >= 4 is 5.57 Å². The van der Waals surface area contributed by atoms with E-state index in [1.54, 1.807) is 19.3 Å². The molecule has 0 spiro atoms. The van der Waals surface area contributed by atoms with Crippen LogP contribution in [0.15, 0.2) is 24.3 Å². The number of fused-ring (bicyclic) bond motifs is 1. The summed E-state index contributed by atoms with van der Waals surface area (Å²) in [6.07, 6.45) is 2.01. The first-order valence-electron chi connectivity index (χ1n) is 8.77. The van der Waals surface area contributed by atoms with E-state index >= 15 is 0 Å². The van der Waals surface area contributed by atoms with Crippen molar-refractivity contribution in [3.05, 3.63) is 41.0 Å². The molecule has 1 aliphatic rings. The van der Waals surface area contributed by atoms with Crippen LogP contribution in [0.4, 0.5) is 0 Å². The molecule has 0 heterocycles. The third kappa shape index (κ3) is 3.29. The number of hydrogen-bond donors (Lipinski definition) is 3. The van der Waals surface area contributed by atoms with Crippen LogP contribution in [0.5, 0.6) is 34.5 Å². The van der Waals surface area contributed by atoms with Crippen molar-refractivity contribution in [3.8, 4) is 34.5 Å². The highest BCUT2D eigenvalue weighted by atomic mass is 16.5. The molecule has 3 rings (SSSR count). The van der Waals surface area contributed by atoms with Crippen molar-refractivity contribution in [1.29, 1.82) is 0 Å². The van der Waals surface area contributed by atoms with Crippen LogP contribution >= 0.6 is 0 Å². The van der Waals surface area contributed by atoms with E-state index < -0.39 is 6.10 Å². The summed E-state index contributed by atoms with van der Waals surface area (Å²) in [6.45, 7) is 0. The fourth-order valence-corrected chi connectivity index (χ4v) is 3.58. The van der Waals surface area contributed by atoms with Crippen LogP contribution in [0, 0.1) is 0 Å². The summed E-state index contributed by atoms with van der Waals surface area (Å²) in [6, 6.07) is 4.77. The number of benzene rings is 2. The van der Waals surface area contributed by atoms with E-state index in [4.69, 9.17) is 18.9 Å². The van der Waals surface area contributed by atoms with Crippen LogP contribution in [0.2, 0.25) is 0 Å². The maximum absolute atomic E-state index is 10.4. The molecule has 0 saturated carbocycles. The zero-order valence-electron chi connectivity index (χ0n) is 16.3. The van der Waals surface area contributed by atoms with Gasteiger partial charge in [-0.1, -0.05) is 0 Å². The van der Waals surface area contributed by atoms with Gasteiger partial charge in [-0.15, -0.1) is 0 Å². The Kier molecular flexibility index (Phi) is 5.56. The molecular weight excluding hydrogens is 364 g/mol. The molecule has 0 fully saturated rings. The SMILES string of the molecule is COc1cc2c(c(OC)c1OC)CCC(O)C=C2c1cc(O)c(OC)c(O)c1. The van der Waals surface area contributed by atoms with Crippen LogP contribution in [-0.4, -0.2) is 49.9 Å². The highest BCUT2D eigenvalue weighted by molar-refractivity contribution is 5.86. The molecule has 1 atom stereocenters. The summed E-state index contributed by atoms with van der Waals surface area (Å²) in [4.78, 5) is 0. The van der Waals surface area contributed by atoms with Gasteiger partial charge in [-0.25, -0.2) is 0 Å². The lowest BCUT2D eigenvalue weighted by atomic mass is 9.92. The van der Waals surface area contributed by atoms with Gasteiger partial charge in [-0.3, -0.25) is 0 Å². The topological polar surface area (TPSA) is 97.6 Å². The molecule has 3 N–H and O–H groups in total. The van der Waals surface area contributed by atoms with E-state index in [0.717, 1.165) is 11.1 Å². The quantitative estimate of drug-likeness (QED) is 0.725. The monoisotopic (exact) mass is 388 g/mol. The molecule has 1 unspecified atom stereocenters. The van der Waals surface area contributed by atoms with Crippen molar-refractivity contribution in [2.24, 2.45) is 0 Å². The lowest BCUT2D eigenvalue weighted by Crippen LogP contribution is -2.04. The second kappa shape index (κ2) is 7.90. The molecule has 0 aliphatic heterocycles. The van der Waals surface area contributed by atoms with E-state index in [1.165, 1.54) is 33.5 Å².